The lowest BCUT2D eigenvalue weighted by molar-refractivity contribution is -0.0443. The normalized spacial score (nSPS) is 21.5. The van der Waals surface area contributed by atoms with Crippen LogP contribution in [0.15, 0.2) is 6.20 Å². The maximum absolute atomic E-state index is 9.12. The molecule has 1 fully saturated rings. The molecule has 1 aromatic rings. The highest BCUT2D eigenvalue weighted by Crippen LogP contribution is 2.21. The van der Waals surface area contributed by atoms with Crippen molar-refractivity contribution in [1.82, 2.24) is 14.9 Å². The Morgan fingerprint density at radius 1 is 1.56 bits per heavy atom. The number of aliphatic hydroxyl groups is 1. The fraction of sp³-hybridized carbons (Fsp3) is 0.692. The number of aryl methyl sites for hydroxylation is 1. The molecule has 18 heavy (non-hydrogen) atoms. The van der Waals surface area contributed by atoms with Crippen LogP contribution in [0.2, 0.25) is 0 Å². The number of hydrogen-bond donors (Lipinski definition) is 1. The third kappa shape index (κ3) is 2.85. The van der Waals surface area contributed by atoms with Crippen LogP contribution in [0.4, 0.5) is 0 Å². The first kappa shape index (κ1) is 13.4. The van der Waals surface area contributed by atoms with Gasteiger partial charge < -0.3 is 9.84 Å². The van der Waals surface area contributed by atoms with Gasteiger partial charge in [0, 0.05) is 36.6 Å². The van der Waals surface area contributed by atoms with Crippen molar-refractivity contribution in [2.24, 2.45) is 0 Å². The molecule has 2 heterocycles. The third-order valence-corrected chi connectivity index (χ3v) is 3.39. The van der Waals surface area contributed by atoms with Crippen molar-refractivity contribution in [2.75, 3.05) is 19.7 Å². The van der Waals surface area contributed by atoms with Crippen LogP contribution in [-0.2, 0) is 11.3 Å². The molecule has 0 aromatic carbocycles. The van der Waals surface area contributed by atoms with Gasteiger partial charge in [-0.25, -0.2) is 9.97 Å². The topological polar surface area (TPSA) is 58.5 Å². The third-order valence-electron chi connectivity index (χ3n) is 3.39. The van der Waals surface area contributed by atoms with Crippen molar-refractivity contribution in [3.63, 3.8) is 0 Å². The zero-order valence-electron chi connectivity index (χ0n) is 11.3. The summed E-state index contributed by atoms with van der Waals surface area (Å²) in [7, 11) is 0. The average Bonchev–Trinajstić information content (AvgIpc) is 2.38. The second-order valence-corrected chi connectivity index (χ2v) is 4.95. The van der Waals surface area contributed by atoms with E-state index in [1.165, 1.54) is 0 Å². The van der Waals surface area contributed by atoms with E-state index in [1.807, 2.05) is 6.92 Å². The molecule has 1 aliphatic heterocycles. The molecule has 2 rings (SSSR count). The molecule has 1 aliphatic rings. The van der Waals surface area contributed by atoms with Crippen molar-refractivity contribution in [3.05, 3.63) is 23.3 Å². The molecule has 1 unspecified atom stereocenters. The van der Waals surface area contributed by atoms with Crippen LogP contribution in [0, 0.1) is 6.92 Å². The van der Waals surface area contributed by atoms with Gasteiger partial charge in [0.15, 0.2) is 5.82 Å². The van der Waals surface area contributed by atoms with Crippen LogP contribution >= 0.6 is 0 Å². The zero-order chi connectivity index (χ0) is 13.1. The van der Waals surface area contributed by atoms with Gasteiger partial charge in [0.25, 0.3) is 0 Å². The number of ether oxygens (including phenoxy) is 1. The van der Waals surface area contributed by atoms with E-state index in [2.05, 4.69) is 28.7 Å². The van der Waals surface area contributed by atoms with Gasteiger partial charge in [-0.3, -0.25) is 4.90 Å². The van der Waals surface area contributed by atoms with Crippen molar-refractivity contribution in [2.45, 2.75) is 39.5 Å². The number of rotatable bonds is 3. The molecule has 5 nitrogen and oxygen atoms in total. The Morgan fingerprint density at radius 3 is 2.94 bits per heavy atom. The van der Waals surface area contributed by atoms with Gasteiger partial charge in [0.1, 0.15) is 6.10 Å². The molecule has 0 saturated carbocycles. The van der Waals surface area contributed by atoms with E-state index in [4.69, 9.17) is 9.84 Å². The summed E-state index contributed by atoms with van der Waals surface area (Å²) in [5.74, 6) is 0.718. The molecule has 0 aliphatic carbocycles. The van der Waals surface area contributed by atoms with Gasteiger partial charge in [-0.05, 0) is 20.8 Å². The highest BCUT2D eigenvalue weighted by atomic mass is 16.5. The van der Waals surface area contributed by atoms with Crippen LogP contribution in [0.25, 0.3) is 0 Å². The van der Waals surface area contributed by atoms with Gasteiger partial charge in [0.2, 0.25) is 0 Å². The predicted octanol–water partition coefficient (Wildman–Crippen LogP) is 1.06. The standard InChI is InChI=1S/C13H21N3O2/c1-9(2)16-4-5-18-12(7-16)13-14-6-11(8-17)10(3)15-13/h6,9,12,17H,4-5,7-8H2,1-3H3. The van der Waals surface area contributed by atoms with E-state index in [-0.39, 0.29) is 12.7 Å². The average molecular weight is 251 g/mol. The maximum Gasteiger partial charge on any atom is 0.158 e. The fourth-order valence-corrected chi connectivity index (χ4v) is 2.11. The Hall–Kier alpha value is -1.04. The van der Waals surface area contributed by atoms with Crippen molar-refractivity contribution >= 4 is 0 Å². The smallest absolute Gasteiger partial charge is 0.158 e. The summed E-state index contributed by atoms with van der Waals surface area (Å²) in [5, 5.41) is 9.12. The monoisotopic (exact) mass is 251 g/mol. The maximum atomic E-state index is 9.12. The van der Waals surface area contributed by atoms with Crippen LogP contribution in [-0.4, -0.2) is 45.7 Å². The van der Waals surface area contributed by atoms with Crippen LogP contribution in [0.5, 0.6) is 0 Å². The first-order chi connectivity index (χ1) is 8.61. The summed E-state index contributed by atoms with van der Waals surface area (Å²) < 4.78 is 5.74. The van der Waals surface area contributed by atoms with Gasteiger partial charge >= 0.3 is 0 Å². The lowest BCUT2D eigenvalue weighted by Gasteiger charge is -2.34. The molecule has 1 saturated heterocycles. The fourth-order valence-electron chi connectivity index (χ4n) is 2.11. The Labute approximate surface area is 108 Å². The van der Waals surface area contributed by atoms with E-state index < -0.39 is 0 Å². The largest absolute Gasteiger partial charge is 0.392 e. The molecule has 5 heteroatoms. The van der Waals surface area contributed by atoms with Crippen LogP contribution < -0.4 is 0 Å². The van der Waals surface area contributed by atoms with E-state index >= 15 is 0 Å². The molecular formula is C13H21N3O2. The number of nitrogens with zero attached hydrogens (tertiary/aromatic N) is 3. The van der Waals surface area contributed by atoms with Gasteiger partial charge in [0.05, 0.1) is 13.2 Å². The summed E-state index contributed by atoms with van der Waals surface area (Å²) >= 11 is 0. The number of aliphatic hydroxyl groups excluding tert-OH is 1. The molecule has 100 valence electrons. The number of hydrogen-bond acceptors (Lipinski definition) is 5. The first-order valence-corrected chi connectivity index (χ1v) is 6.40. The Balaban J connectivity index is 2.13. The van der Waals surface area contributed by atoms with Crippen molar-refractivity contribution in [3.8, 4) is 0 Å². The molecule has 1 N–H and O–H groups in total. The highest BCUT2D eigenvalue weighted by molar-refractivity contribution is 5.16. The van der Waals surface area contributed by atoms with E-state index in [0.29, 0.717) is 12.6 Å². The molecule has 0 bridgehead atoms. The summed E-state index contributed by atoms with van der Waals surface area (Å²) in [6.07, 6.45) is 1.63. The molecule has 0 spiro atoms. The SMILES string of the molecule is Cc1nc(C2CN(C(C)C)CCO2)ncc1CO. The summed E-state index contributed by atoms with van der Waals surface area (Å²) in [5.41, 5.74) is 1.60. The predicted molar refractivity (Wildman–Crippen MR) is 68.1 cm³/mol. The Morgan fingerprint density at radius 2 is 2.33 bits per heavy atom. The summed E-state index contributed by atoms with van der Waals surface area (Å²) in [6, 6.07) is 0.509. The first-order valence-electron chi connectivity index (χ1n) is 6.40. The van der Waals surface area contributed by atoms with Gasteiger partial charge in [-0.1, -0.05) is 0 Å². The highest BCUT2D eigenvalue weighted by Gasteiger charge is 2.25. The minimum atomic E-state index is -0.0624. The van der Waals surface area contributed by atoms with Crippen LogP contribution in [0.1, 0.15) is 37.0 Å². The van der Waals surface area contributed by atoms with Crippen molar-refractivity contribution in [1.29, 1.82) is 0 Å². The summed E-state index contributed by atoms with van der Waals surface area (Å²) in [6.45, 7) is 8.74. The second kappa shape index (κ2) is 5.73. The number of morpholine rings is 1. The molecule has 1 atom stereocenters. The quantitative estimate of drug-likeness (QED) is 0.870. The van der Waals surface area contributed by atoms with E-state index in [0.717, 1.165) is 30.2 Å². The minimum absolute atomic E-state index is 0.0181. The van der Waals surface area contributed by atoms with Gasteiger partial charge in [-0.15, -0.1) is 0 Å². The molecule has 0 radical (unpaired) electrons. The van der Waals surface area contributed by atoms with Crippen molar-refractivity contribution < 1.29 is 9.84 Å². The van der Waals surface area contributed by atoms with Crippen LogP contribution in [0.3, 0.4) is 0 Å². The zero-order valence-corrected chi connectivity index (χ0v) is 11.3. The number of aromatic nitrogens is 2. The van der Waals surface area contributed by atoms with E-state index in [1.54, 1.807) is 6.20 Å². The lowest BCUT2D eigenvalue weighted by Crippen LogP contribution is -2.42. The minimum Gasteiger partial charge on any atom is -0.392 e. The Kier molecular flexibility index (Phi) is 4.27. The molecule has 1 aromatic heterocycles. The lowest BCUT2D eigenvalue weighted by atomic mass is 10.2. The molecule has 0 amide bonds. The second-order valence-electron chi connectivity index (χ2n) is 4.95. The summed E-state index contributed by atoms with van der Waals surface area (Å²) in [4.78, 5) is 11.1. The molecular weight excluding hydrogens is 230 g/mol. The Bertz CT molecular complexity index is 409. The van der Waals surface area contributed by atoms with Gasteiger partial charge in [-0.2, -0.15) is 0 Å². The van der Waals surface area contributed by atoms with E-state index in [9.17, 15) is 0 Å².